The summed E-state index contributed by atoms with van der Waals surface area (Å²) in [6.45, 7) is 4.78. The van der Waals surface area contributed by atoms with E-state index < -0.39 is 0 Å². The lowest BCUT2D eigenvalue weighted by molar-refractivity contribution is 0.273. The Balaban J connectivity index is 1.53. The van der Waals surface area contributed by atoms with E-state index in [0.717, 1.165) is 25.1 Å². The predicted octanol–water partition coefficient (Wildman–Crippen LogP) is 2.81. The first-order valence-corrected chi connectivity index (χ1v) is 8.72. The molecule has 3 aliphatic rings. The molecule has 3 heterocycles. The van der Waals surface area contributed by atoms with E-state index in [1.807, 2.05) is 6.20 Å². The SMILES string of the molecule is c1cc(C2CCCC2)nc(N2CCCN3CCC[C@H]3C2)n1. The first kappa shape index (κ1) is 13.5. The van der Waals surface area contributed by atoms with Gasteiger partial charge in [-0.1, -0.05) is 12.8 Å². The standard InChI is InChI=1S/C17H26N4/c1-2-6-14(5-1)16-8-9-18-17(19-16)21-12-4-11-20-10-3-7-15(20)13-21/h8-9,14-15H,1-7,10-13H2/t15-/m0/s1. The molecule has 2 saturated heterocycles. The second-order valence-corrected chi connectivity index (χ2v) is 6.89. The Morgan fingerprint density at radius 2 is 1.81 bits per heavy atom. The van der Waals surface area contributed by atoms with E-state index in [1.165, 1.54) is 63.7 Å². The van der Waals surface area contributed by atoms with Crippen LogP contribution in [0.5, 0.6) is 0 Å². The van der Waals surface area contributed by atoms with Crippen LogP contribution in [-0.4, -0.2) is 47.1 Å². The molecule has 1 atom stereocenters. The average molecular weight is 286 g/mol. The summed E-state index contributed by atoms with van der Waals surface area (Å²) in [7, 11) is 0. The molecule has 1 saturated carbocycles. The zero-order chi connectivity index (χ0) is 14.1. The number of hydrogen-bond donors (Lipinski definition) is 0. The van der Waals surface area contributed by atoms with Crippen LogP contribution < -0.4 is 4.90 Å². The monoisotopic (exact) mass is 286 g/mol. The maximum Gasteiger partial charge on any atom is 0.225 e. The van der Waals surface area contributed by atoms with Crippen molar-refractivity contribution in [1.29, 1.82) is 0 Å². The van der Waals surface area contributed by atoms with Gasteiger partial charge in [0.2, 0.25) is 5.95 Å². The van der Waals surface area contributed by atoms with Crippen molar-refractivity contribution in [1.82, 2.24) is 14.9 Å². The van der Waals surface area contributed by atoms with Gasteiger partial charge in [-0.2, -0.15) is 0 Å². The van der Waals surface area contributed by atoms with E-state index in [-0.39, 0.29) is 0 Å². The molecule has 1 aromatic heterocycles. The minimum absolute atomic E-state index is 0.682. The lowest BCUT2D eigenvalue weighted by Crippen LogP contribution is -2.37. The predicted molar refractivity (Wildman–Crippen MR) is 84.7 cm³/mol. The van der Waals surface area contributed by atoms with Crippen molar-refractivity contribution in [2.75, 3.05) is 31.1 Å². The largest absolute Gasteiger partial charge is 0.339 e. The Hall–Kier alpha value is -1.16. The van der Waals surface area contributed by atoms with E-state index in [0.29, 0.717) is 5.92 Å². The number of nitrogens with zero attached hydrogens (tertiary/aromatic N) is 4. The van der Waals surface area contributed by atoms with Gasteiger partial charge in [0.1, 0.15) is 0 Å². The summed E-state index contributed by atoms with van der Waals surface area (Å²) < 4.78 is 0. The summed E-state index contributed by atoms with van der Waals surface area (Å²) in [5.41, 5.74) is 1.28. The van der Waals surface area contributed by atoms with E-state index >= 15 is 0 Å². The zero-order valence-electron chi connectivity index (χ0n) is 12.9. The highest BCUT2D eigenvalue weighted by molar-refractivity contribution is 5.32. The quantitative estimate of drug-likeness (QED) is 0.837. The third-order valence-electron chi connectivity index (χ3n) is 5.52. The van der Waals surface area contributed by atoms with Crippen molar-refractivity contribution in [3.63, 3.8) is 0 Å². The van der Waals surface area contributed by atoms with E-state index in [4.69, 9.17) is 4.98 Å². The highest BCUT2D eigenvalue weighted by Gasteiger charge is 2.30. The summed E-state index contributed by atoms with van der Waals surface area (Å²) >= 11 is 0. The molecule has 4 heteroatoms. The molecule has 0 unspecified atom stereocenters. The number of fused-ring (bicyclic) bond motifs is 1. The van der Waals surface area contributed by atoms with Crippen LogP contribution in [0.2, 0.25) is 0 Å². The van der Waals surface area contributed by atoms with Crippen molar-refractivity contribution < 1.29 is 0 Å². The van der Waals surface area contributed by atoms with Crippen molar-refractivity contribution in [2.45, 2.75) is 56.9 Å². The van der Waals surface area contributed by atoms with Gasteiger partial charge in [-0.05, 0) is 44.7 Å². The van der Waals surface area contributed by atoms with Crippen molar-refractivity contribution in [2.24, 2.45) is 0 Å². The molecule has 0 N–H and O–H groups in total. The molecule has 1 aromatic rings. The van der Waals surface area contributed by atoms with Gasteiger partial charge in [-0.3, -0.25) is 4.90 Å². The van der Waals surface area contributed by atoms with Gasteiger partial charge in [0.15, 0.2) is 0 Å². The van der Waals surface area contributed by atoms with Gasteiger partial charge in [0, 0.05) is 43.5 Å². The van der Waals surface area contributed by atoms with Gasteiger partial charge in [-0.25, -0.2) is 9.97 Å². The minimum atomic E-state index is 0.682. The number of rotatable bonds is 2. The molecule has 2 aliphatic heterocycles. The van der Waals surface area contributed by atoms with E-state index in [9.17, 15) is 0 Å². The average Bonchev–Trinajstić information content (AvgIpc) is 3.16. The smallest absolute Gasteiger partial charge is 0.225 e. The molecule has 0 spiro atoms. The fourth-order valence-electron chi connectivity index (χ4n) is 4.35. The second-order valence-electron chi connectivity index (χ2n) is 6.89. The van der Waals surface area contributed by atoms with Crippen LogP contribution in [-0.2, 0) is 0 Å². The molecule has 0 amide bonds. The molecule has 0 radical (unpaired) electrons. The molecule has 1 aliphatic carbocycles. The molecule has 114 valence electrons. The Kier molecular flexibility index (Phi) is 3.80. The Bertz CT molecular complexity index is 483. The maximum absolute atomic E-state index is 4.93. The van der Waals surface area contributed by atoms with Crippen molar-refractivity contribution >= 4 is 5.95 Å². The summed E-state index contributed by atoms with van der Waals surface area (Å²) in [6.07, 6.45) is 11.3. The number of anilines is 1. The fourth-order valence-corrected chi connectivity index (χ4v) is 4.35. The lowest BCUT2D eigenvalue weighted by Gasteiger charge is -2.26. The van der Waals surface area contributed by atoms with Gasteiger partial charge >= 0.3 is 0 Å². The molecule has 4 nitrogen and oxygen atoms in total. The molecule has 0 bridgehead atoms. The second kappa shape index (κ2) is 5.91. The fraction of sp³-hybridized carbons (Fsp3) is 0.765. The van der Waals surface area contributed by atoms with Crippen LogP contribution in [0.1, 0.15) is 56.6 Å². The van der Waals surface area contributed by atoms with Crippen LogP contribution >= 0.6 is 0 Å². The Labute approximate surface area is 127 Å². The normalized spacial score (nSPS) is 27.8. The first-order valence-electron chi connectivity index (χ1n) is 8.72. The van der Waals surface area contributed by atoms with Crippen molar-refractivity contribution in [3.8, 4) is 0 Å². The summed E-state index contributed by atoms with van der Waals surface area (Å²) in [5, 5.41) is 0. The Morgan fingerprint density at radius 1 is 0.952 bits per heavy atom. The third-order valence-corrected chi connectivity index (χ3v) is 5.52. The summed E-state index contributed by atoms with van der Waals surface area (Å²) in [4.78, 5) is 14.6. The molecule has 0 aromatic carbocycles. The molecule has 21 heavy (non-hydrogen) atoms. The first-order chi connectivity index (χ1) is 10.4. The van der Waals surface area contributed by atoms with Crippen LogP contribution in [0.3, 0.4) is 0 Å². The Morgan fingerprint density at radius 3 is 2.71 bits per heavy atom. The third kappa shape index (κ3) is 2.78. The highest BCUT2D eigenvalue weighted by Crippen LogP contribution is 2.33. The molecular formula is C17H26N4. The van der Waals surface area contributed by atoms with Gasteiger partial charge in [0.05, 0.1) is 0 Å². The van der Waals surface area contributed by atoms with E-state index in [2.05, 4.69) is 20.9 Å². The van der Waals surface area contributed by atoms with Gasteiger partial charge in [-0.15, -0.1) is 0 Å². The molecule has 4 rings (SSSR count). The summed E-state index contributed by atoms with van der Waals surface area (Å²) in [5.74, 6) is 1.66. The van der Waals surface area contributed by atoms with E-state index in [1.54, 1.807) is 0 Å². The van der Waals surface area contributed by atoms with Crippen LogP contribution in [0.15, 0.2) is 12.3 Å². The highest BCUT2D eigenvalue weighted by atomic mass is 15.3. The zero-order valence-corrected chi connectivity index (χ0v) is 12.9. The lowest BCUT2D eigenvalue weighted by atomic mass is 10.0. The van der Waals surface area contributed by atoms with Crippen molar-refractivity contribution in [3.05, 3.63) is 18.0 Å². The van der Waals surface area contributed by atoms with Gasteiger partial charge in [0.25, 0.3) is 0 Å². The number of aromatic nitrogens is 2. The van der Waals surface area contributed by atoms with Gasteiger partial charge < -0.3 is 4.90 Å². The summed E-state index contributed by atoms with van der Waals surface area (Å²) in [6, 6.07) is 2.87. The maximum atomic E-state index is 4.93. The number of hydrogen-bond acceptors (Lipinski definition) is 4. The molecule has 3 fully saturated rings. The minimum Gasteiger partial charge on any atom is -0.339 e. The molecular weight excluding hydrogens is 260 g/mol. The van der Waals surface area contributed by atoms with Crippen LogP contribution in [0.4, 0.5) is 5.95 Å². The van der Waals surface area contributed by atoms with Crippen LogP contribution in [0.25, 0.3) is 0 Å². The van der Waals surface area contributed by atoms with Crippen LogP contribution in [0, 0.1) is 0 Å². The topological polar surface area (TPSA) is 32.3 Å².